The summed E-state index contributed by atoms with van der Waals surface area (Å²) in [6, 6.07) is 13.2. The fraction of sp³-hybridized carbons (Fsp3) is 0.300. The number of carbonyl (C=O) groups excluding carboxylic acids is 1. The van der Waals surface area contributed by atoms with E-state index in [0.717, 1.165) is 5.56 Å². The zero-order chi connectivity index (χ0) is 19.1. The average molecular weight is 356 g/mol. The van der Waals surface area contributed by atoms with Crippen molar-refractivity contribution in [3.8, 4) is 11.8 Å². The summed E-state index contributed by atoms with van der Waals surface area (Å²) in [4.78, 5) is 12.4. The Kier molecular flexibility index (Phi) is 6.70. The molecule has 5 nitrogen and oxygen atoms in total. The van der Waals surface area contributed by atoms with Crippen molar-refractivity contribution in [2.45, 2.75) is 32.6 Å². The van der Waals surface area contributed by atoms with Crippen LogP contribution in [0.2, 0.25) is 0 Å². The molecule has 136 valence electrons. The van der Waals surface area contributed by atoms with Crippen LogP contribution >= 0.6 is 0 Å². The minimum Gasteiger partial charge on any atom is -0.491 e. The first-order valence-electron chi connectivity index (χ1n) is 8.20. The Hall–Kier alpha value is -2.91. The van der Waals surface area contributed by atoms with Crippen molar-refractivity contribution >= 4 is 5.91 Å². The molecule has 2 aromatic carbocycles. The topological polar surface area (TPSA) is 71.3 Å². The van der Waals surface area contributed by atoms with E-state index in [9.17, 15) is 9.18 Å². The molecule has 2 rings (SSSR count). The average Bonchev–Trinajstić information content (AvgIpc) is 2.62. The Morgan fingerprint density at radius 3 is 2.46 bits per heavy atom. The number of nitrogens with one attached hydrogen (secondary N) is 1. The lowest BCUT2D eigenvalue weighted by atomic mass is 10.1. The van der Waals surface area contributed by atoms with Crippen molar-refractivity contribution < 1.29 is 18.7 Å². The molecule has 0 aliphatic rings. The first-order chi connectivity index (χ1) is 12.4. The van der Waals surface area contributed by atoms with Crippen LogP contribution in [0.1, 0.15) is 36.6 Å². The summed E-state index contributed by atoms with van der Waals surface area (Å²) in [6.07, 6.45) is -1.14. The van der Waals surface area contributed by atoms with Gasteiger partial charge in [-0.15, -0.1) is 0 Å². The van der Waals surface area contributed by atoms with Crippen LogP contribution in [-0.4, -0.2) is 19.1 Å². The molecular weight excluding hydrogens is 335 g/mol. The van der Waals surface area contributed by atoms with E-state index in [4.69, 9.17) is 14.7 Å². The molecular formula is C20H21FN2O3. The molecule has 0 fully saturated rings. The summed E-state index contributed by atoms with van der Waals surface area (Å²) in [5, 5.41) is 11.5. The van der Waals surface area contributed by atoms with E-state index in [0.29, 0.717) is 11.3 Å². The summed E-state index contributed by atoms with van der Waals surface area (Å²) < 4.78 is 25.0. The molecule has 0 aliphatic carbocycles. The highest BCUT2D eigenvalue weighted by Gasteiger charge is 2.23. The van der Waals surface area contributed by atoms with Crippen molar-refractivity contribution in [3.05, 3.63) is 65.0 Å². The van der Waals surface area contributed by atoms with Gasteiger partial charge in [0, 0.05) is 25.3 Å². The maximum atomic E-state index is 14.4. The maximum Gasteiger partial charge on any atom is 0.254 e. The molecule has 1 N–H and O–H groups in total. The largest absolute Gasteiger partial charge is 0.491 e. The predicted molar refractivity (Wildman–Crippen MR) is 94.9 cm³/mol. The Morgan fingerprint density at radius 2 is 1.92 bits per heavy atom. The number of nitriles is 1. The SMILES string of the molecule is COC(C(=O)NCc1ccc(C#N)cc1)c1ccc(OC(C)C)cc1F. The number of hydrogen-bond acceptors (Lipinski definition) is 4. The molecule has 1 amide bonds. The van der Waals surface area contributed by atoms with Gasteiger partial charge in [-0.1, -0.05) is 12.1 Å². The molecule has 0 saturated heterocycles. The lowest BCUT2D eigenvalue weighted by molar-refractivity contribution is -0.131. The Morgan fingerprint density at radius 1 is 1.23 bits per heavy atom. The Balaban J connectivity index is 2.06. The summed E-state index contributed by atoms with van der Waals surface area (Å²) in [6.45, 7) is 3.95. The zero-order valence-electron chi connectivity index (χ0n) is 15.0. The van der Waals surface area contributed by atoms with Gasteiger partial charge < -0.3 is 14.8 Å². The molecule has 0 spiro atoms. The molecule has 0 aliphatic heterocycles. The van der Waals surface area contributed by atoms with Gasteiger partial charge in [0.15, 0.2) is 6.10 Å². The monoisotopic (exact) mass is 356 g/mol. The van der Waals surface area contributed by atoms with Gasteiger partial charge in [-0.3, -0.25) is 4.79 Å². The van der Waals surface area contributed by atoms with Gasteiger partial charge >= 0.3 is 0 Å². The molecule has 26 heavy (non-hydrogen) atoms. The van der Waals surface area contributed by atoms with Gasteiger partial charge in [-0.05, 0) is 43.7 Å². The minimum atomic E-state index is -1.07. The van der Waals surface area contributed by atoms with Gasteiger partial charge in [-0.2, -0.15) is 5.26 Å². The zero-order valence-corrected chi connectivity index (χ0v) is 15.0. The van der Waals surface area contributed by atoms with Crippen LogP contribution in [0.15, 0.2) is 42.5 Å². The van der Waals surface area contributed by atoms with Crippen molar-refractivity contribution in [1.82, 2.24) is 5.32 Å². The third kappa shape index (κ3) is 5.04. The minimum absolute atomic E-state index is 0.0748. The molecule has 2 aromatic rings. The predicted octanol–water partition coefficient (Wildman–Crippen LogP) is 3.49. The molecule has 0 bridgehead atoms. The number of halogens is 1. The number of amides is 1. The Labute approximate surface area is 152 Å². The highest BCUT2D eigenvalue weighted by molar-refractivity contribution is 5.82. The van der Waals surface area contributed by atoms with Crippen molar-refractivity contribution in [2.75, 3.05) is 7.11 Å². The summed E-state index contributed by atoms with van der Waals surface area (Å²) in [5.74, 6) is -0.620. The molecule has 1 atom stereocenters. The number of methoxy groups -OCH3 is 1. The smallest absolute Gasteiger partial charge is 0.254 e. The Bertz CT molecular complexity index is 798. The number of benzene rings is 2. The summed E-state index contributed by atoms with van der Waals surface area (Å²) >= 11 is 0. The van der Waals surface area contributed by atoms with Crippen molar-refractivity contribution in [1.29, 1.82) is 5.26 Å². The number of carbonyl (C=O) groups is 1. The summed E-state index contributed by atoms with van der Waals surface area (Å²) in [7, 11) is 1.35. The van der Waals surface area contributed by atoms with E-state index < -0.39 is 17.8 Å². The van der Waals surface area contributed by atoms with Crippen LogP contribution in [0.25, 0.3) is 0 Å². The van der Waals surface area contributed by atoms with Crippen LogP contribution in [0.3, 0.4) is 0 Å². The lowest BCUT2D eigenvalue weighted by Gasteiger charge is -2.17. The van der Waals surface area contributed by atoms with Gasteiger partial charge in [-0.25, -0.2) is 4.39 Å². The third-order valence-corrected chi connectivity index (χ3v) is 3.65. The normalized spacial score (nSPS) is 11.7. The van der Waals surface area contributed by atoms with Gasteiger partial charge in [0.1, 0.15) is 11.6 Å². The lowest BCUT2D eigenvalue weighted by Crippen LogP contribution is -2.30. The van der Waals surface area contributed by atoms with Crippen LogP contribution in [0.5, 0.6) is 5.75 Å². The number of nitrogens with zero attached hydrogens (tertiary/aromatic N) is 1. The quantitative estimate of drug-likeness (QED) is 0.824. The third-order valence-electron chi connectivity index (χ3n) is 3.65. The number of rotatable bonds is 7. The number of ether oxygens (including phenoxy) is 2. The second-order valence-electron chi connectivity index (χ2n) is 5.99. The van der Waals surface area contributed by atoms with E-state index in [-0.39, 0.29) is 18.2 Å². The molecule has 0 saturated carbocycles. The van der Waals surface area contributed by atoms with Gasteiger partial charge in [0.2, 0.25) is 0 Å². The molecule has 0 aromatic heterocycles. The molecule has 1 unspecified atom stereocenters. The molecule has 0 radical (unpaired) electrons. The van der Waals surface area contributed by atoms with Crippen LogP contribution in [-0.2, 0) is 16.1 Å². The second-order valence-corrected chi connectivity index (χ2v) is 5.99. The van der Waals surface area contributed by atoms with E-state index in [1.807, 2.05) is 19.9 Å². The number of hydrogen-bond donors (Lipinski definition) is 1. The van der Waals surface area contributed by atoms with Gasteiger partial charge in [0.25, 0.3) is 5.91 Å². The fourth-order valence-electron chi connectivity index (χ4n) is 2.42. The van der Waals surface area contributed by atoms with Crippen LogP contribution < -0.4 is 10.1 Å². The maximum absolute atomic E-state index is 14.4. The standard InChI is InChI=1S/C20H21FN2O3/c1-13(2)26-16-8-9-17(18(21)10-16)19(25-3)20(24)23-12-15-6-4-14(11-22)5-7-15/h4-10,13,19H,12H2,1-3H3,(H,23,24). The second kappa shape index (κ2) is 8.97. The first-order valence-corrected chi connectivity index (χ1v) is 8.20. The first kappa shape index (κ1) is 19.4. The van der Waals surface area contributed by atoms with E-state index in [1.165, 1.54) is 19.2 Å². The van der Waals surface area contributed by atoms with E-state index in [2.05, 4.69) is 5.32 Å². The highest BCUT2D eigenvalue weighted by Crippen LogP contribution is 2.25. The van der Waals surface area contributed by atoms with Crippen molar-refractivity contribution in [3.63, 3.8) is 0 Å². The summed E-state index contributed by atoms with van der Waals surface area (Å²) in [5.41, 5.74) is 1.51. The molecule has 0 heterocycles. The van der Waals surface area contributed by atoms with Crippen LogP contribution in [0.4, 0.5) is 4.39 Å². The van der Waals surface area contributed by atoms with Crippen LogP contribution in [0, 0.1) is 17.1 Å². The van der Waals surface area contributed by atoms with E-state index in [1.54, 1.807) is 30.3 Å². The highest BCUT2D eigenvalue weighted by atomic mass is 19.1. The fourth-order valence-corrected chi connectivity index (χ4v) is 2.42. The van der Waals surface area contributed by atoms with E-state index >= 15 is 0 Å². The van der Waals surface area contributed by atoms with Crippen molar-refractivity contribution in [2.24, 2.45) is 0 Å². The van der Waals surface area contributed by atoms with Gasteiger partial charge in [0.05, 0.1) is 17.7 Å². The molecule has 6 heteroatoms.